The van der Waals surface area contributed by atoms with Crippen molar-refractivity contribution in [3.05, 3.63) is 41.1 Å². The molecule has 0 saturated carbocycles. The van der Waals surface area contributed by atoms with Crippen LogP contribution in [0.1, 0.15) is 12.5 Å². The van der Waals surface area contributed by atoms with Crippen LogP contribution in [-0.4, -0.2) is 45.8 Å². The largest absolute Gasteiger partial charge is 0.463 e. The Morgan fingerprint density at radius 1 is 1.33 bits per heavy atom. The number of nitrogens with two attached hydrogens (primary N) is 1. The van der Waals surface area contributed by atoms with E-state index in [0.29, 0.717) is 28.0 Å². The Morgan fingerprint density at radius 2 is 2.07 bits per heavy atom. The fourth-order valence-corrected chi connectivity index (χ4v) is 3.32. The summed E-state index contributed by atoms with van der Waals surface area (Å²) in [6, 6.07) is 7.42. The summed E-state index contributed by atoms with van der Waals surface area (Å²) in [5.74, 6) is 6.49. The van der Waals surface area contributed by atoms with Crippen molar-refractivity contribution < 1.29 is 14.3 Å². The van der Waals surface area contributed by atoms with Gasteiger partial charge in [0.25, 0.3) is 0 Å². The lowest BCUT2D eigenvalue weighted by molar-refractivity contribution is -0.138. The van der Waals surface area contributed by atoms with E-state index in [-0.39, 0.29) is 19.2 Å². The maximum absolute atomic E-state index is 12.1. The van der Waals surface area contributed by atoms with Gasteiger partial charge in [-0.15, -0.1) is 10.2 Å². The predicted molar refractivity (Wildman–Crippen MR) is 101 cm³/mol. The number of rotatable bonds is 6. The number of hydrogen-bond donors (Lipinski definition) is 3. The first-order chi connectivity index (χ1) is 13.0. The summed E-state index contributed by atoms with van der Waals surface area (Å²) in [6.45, 7) is 4.10. The molecule has 2 aromatic rings. The van der Waals surface area contributed by atoms with Crippen molar-refractivity contribution in [2.24, 2.45) is 0 Å². The van der Waals surface area contributed by atoms with Crippen LogP contribution in [-0.2, 0) is 9.53 Å². The molecule has 0 radical (unpaired) electrons. The van der Waals surface area contributed by atoms with Gasteiger partial charge in [-0.2, -0.15) is 0 Å². The molecule has 9 nitrogen and oxygen atoms in total. The monoisotopic (exact) mass is 388 g/mol. The van der Waals surface area contributed by atoms with Crippen molar-refractivity contribution in [3.8, 4) is 11.4 Å². The molecule has 142 valence electrons. The molecule has 1 aromatic heterocycles. The van der Waals surface area contributed by atoms with Gasteiger partial charge >= 0.3 is 12.0 Å². The second kappa shape index (κ2) is 8.12. The number of benzene rings is 1. The molecule has 27 heavy (non-hydrogen) atoms. The highest BCUT2D eigenvalue weighted by Crippen LogP contribution is 2.24. The molecule has 0 aliphatic carbocycles. The van der Waals surface area contributed by atoms with Crippen LogP contribution in [0, 0.1) is 6.92 Å². The van der Waals surface area contributed by atoms with Crippen LogP contribution in [0.3, 0.4) is 0 Å². The summed E-state index contributed by atoms with van der Waals surface area (Å²) in [4.78, 5) is 23.7. The minimum Gasteiger partial charge on any atom is -0.463 e. The van der Waals surface area contributed by atoms with E-state index >= 15 is 0 Å². The van der Waals surface area contributed by atoms with Gasteiger partial charge in [0.1, 0.15) is 0 Å². The lowest BCUT2D eigenvalue weighted by Crippen LogP contribution is -2.44. The molecule has 0 spiro atoms. The third-order valence-electron chi connectivity index (χ3n) is 3.90. The highest BCUT2D eigenvalue weighted by atomic mass is 32.2. The van der Waals surface area contributed by atoms with E-state index < -0.39 is 5.97 Å². The SMILES string of the molecule is CCOC(=O)C1=C(CSc2nnc(-c3ccc(C)cc3)n2N)NC(=O)NC1. The van der Waals surface area contributed by atoms with E-state index in [1.807, 2.05) is 31.2 Å². The third-order valence-corrected chi connectivity index (χ3v) is 4.87. The fourth-order valence-electron chi connectivity index (χ4n) is 2.48. The second-order valence-electron chi connectivity index (χ2n) is 5.82. The summed E-state index contributed by atoms with van der Waals surface area (Å²) in [6.07, 6.45) is 0. The number of esters is 1. The molecule has 3 rings (SSSR count). The van der Waals surface area contributed by atoms with E-state index in [1.165, 1.54) is 16.4 Å². The third kappa shape index (κ3) is 4.22. The molecule has 0 fully saturated rings. The summed E-state index contributed by atoms with van der Waals surface area (Å²) in [5, 5.41) is 13.9. The second-order valence-corrected chi connectivity index (χ2v) is 6.76. The summed E-state index contributed by atoms with van der Waals surface area (Å²) >= 11 is 1.27. The predicted octanol–water partition coefficient (Wildman–Crippen LogP) is 1.19. The number of nitrogens with zero attached hydrogens (tertiary/aromatic N) is 3. The fraction of sp³-hybridized carbons (Fsp3) is 0.294. The smallest absolute Gasteiger partial charge is 0.337 e. The van der Waals surface area contributed by atoms with Crippen LogP contribution in [0.25, 0.3) is 11.4 Å². The van der Waals surface area contributed by atoms with Crippen LogP contribution in [0.4, 0.5) is 4.79 Å². The Balaban J connectivity index is 1.78. The molecule has 0 bridgehead atoms. The molecule has 1 aromatic carbocycles. The maximum Gasteiger partial charge on any atom is 0.337 e. The Morgan fingerprint density at radius 3 is 2.78 bits per heavy atom. The Bertz CT molecular complexity index is 891. The lowest BCUT2D eigenvalue weighted by Gasteiger charge is -2.20. The highest BCUT2D eigenvalue weighted by molar-refractivity contribution is 7.99. The number of carbonyl (C=O) groups excluding carboxylic acids is 2. The summed E-state index contributed by atoms with van der Waals surface area (Å²) in [7, 11) is 0. The molecule has 0 saturated heterocycles. The Hall–Kier alpha value is -3.01. The van der Waals surface area contributed by atoms with Crippen LogP contribution >= 0.6 is 11.8 Å². The zero-order valence-electron chi connectivity index (χ0n) is 15.0. The van der Waals surface area contributed by atoms with E-state index in [1.54, 1.807) is 6.92 Å². The first-order valence-electron chi connectivity index (χ1n) is 8.34. The number of amides is 2. The number of thioether (sulfide) groups is 1. The summed E-state index contributed by atoms with van der Waals surface area (Å²) < 4.78 is 6.43. The number of hydrogen-bond acceptors (Lipinski definition) is 7. The van der Waals surface area contributed by atoms with Gasteiger partial charge in [-0.1, -0.05) is 41.6 Å². The van der Waals surface area contributed by atoms with E-state index in [9.17, 15) is 9.59 Å². The van der Waals surface area contributed by atoms with Crippen molar-refractivity contribution in [2.45, 2.75) is 19.0 Å². The number of nitrogens with one attached hydrogen (secondary N) is 2. The van der Waals surface area contributed by atoms with Gasteiger partial charge in [0.05, 0.1) is 18.7 Å². The van der Waals surface area contributed by atoms with Gasteiger partial charge in [0.15, 0.2) is 5.82 Å². The van der Waals surface area contributed by atoms with Gasteiger partial charge < -0.3 is 21.2 Å². The Kier molecular flexibility index (Phi) is 5.65. The number of urea groups is 1. The molecule has 2 amide bonds. The zero-order valence-corrected chi connectivity index (χ0v) is 15.8. The van der Waals surface area contributed by atoms with E-state index in [2.05, 4.69) is 20.8 Å². The number of nitrogen functional groups attached to an aromatic ring is 1. The van der Waals surface area contributed by atoms with Crippen LogP contribution in [0.2, 0.25) is 0 Å². The molecule has 1 aliphatic heterocycles. The zero-order chi connectivity index (χ0) is 19.4. The average molecular weight is 388 g/mol. The van der Waals surface area contributed by atoms with Gasteiger partial charge in [-0.25, -0.2) is 14.3 Å². The minimum atomic E-state index is -0.463. The molecule has 0 unspecified atom stereocenters. The molecule has 10 heteroatoms. The Labute approximate surface area is 160 Å². The van der Waals surface area contributed by atoms with Crippen molar-refractivity contribution in [3.63, 3.8) is 0 Å². The summed E-state index contributed by atoms with van der Waals surface area (Å²) in [5.41, 5.74) is 2.84. The highest BCUT2D eigenvalue weighted by Gasteiger charge is 2.24. The standard InChI is InChI=1S/C17H20N6O3S/c1-3-26-15(24)12-8-19-16(25)20-13(12)9-27-17-22-21-14(23(17)18)11-6-4-10(2)5-7-11/h4-7H,3,8-9,18H2,1-2H3,(H2,19,20,25). The molecule has 4 N–H and O–H groups in total. The maximum atomic E-state index is 12.1. The van der Waals surface area contributed by atoms with Crippen LogP contribution in [0.15, 0.2) is 40.7 Å². The van der Waals surface area contributed by atoms with Gasteiger partial charge in [0, 0.05) is 17.0 Å². The number of carbonyl (C=O) groups is 2. The topological polar surface area (TPSA) is 124 Å². The molecule has 1 aliphatic rings. The number of aryl methyl sites for hydroxylation is 1. The molecule has 0 atom stereocenters. The molecular formula is C17H20N6O3S. The van der Waals surface area contributed by atoms with Crippen LogP contribution in [0.5, 0.6) is 0 Å². The minimum absolute atomic E-state index is 0.116. The van der Waals surface area contributed by atoms with E-state index in [0.717, 1.165) is 11.1 Å². The number of ether oxygens (including phenoxy) is 1. The van der Waals surface area contributed by atoms with Gasteiger partial charge in [-0.05, 0) is 13.8 Å². The van der Waals surface area contributed by atoms with E-state index in [4.69, 9.17) is 10.6 Å². The quantitative estimate of drug-likeness (QED) is 0.386. The van der Waals surface area contributed by atoms with Crippen molar-refractivity contribution in [2.75, 3.05) is 24.7 Å². The van der Waals surface area contributed by atoms with Crippen molar-refractivity contribution in [1.82, 2.24) is 25.5 Å². The van der Waals surface area contributed by atoms with Gasteiger partial charge in [-0.3, -0.25) is 0 Å². The van der Waals surface area contributed by atoms with Crippen molar-refractivity contribution >= 4 is 23.8 Å². The average Bonchev–Trinajstić information content (AvgIpc) is 3.01. The number of aromatic nitrogens is 3. The normalized spacial score (nSPS) is 13.9. The first-order valence-corrected chi connectivity index (χ1v) is 9.32. The molecule has 2 heterocycles. The first kappa shape index (κ1) is 18.8. The molecular weight excluding hydrogens is 368 g/mol. The van der Waals surface area contributed by atoms with Crippen LogP contribution < -0.4 is 16.5 Å². The van der Waals surface area contributed by atoms with Crippen molar-refractivity contribution in [1.29, 1.82) is 0 Å². The lowest BCUT2D eigenvalue weighted by atomic mass is 10.1. The van der Waals surface area contributed by atoms with Gasteiger partial charge in [0.2, 0.25) is 5.16 Å².